The van der Waals surface area contributed by atoms with Crippen molar-refractivity contribution in [1.82, 2.24) is 10.3 Å². The Bertz CT molecular complexity index is 1230. The molecule has 1 aliphatic carbocycles. The number of amides is 1. The van der Waals surface area contributed by atoms with Gasteiger partial charge in [-0.05, 0) is 55.5 Å². The Morgan fingerprint density at radius 3 is 2.84 bits per heavy atom. The summed E-state index contributed by atoms with van der Waals surface area (Å²) in [6, 6.07) is 15.0. The number of aromatic nitrogens is 1. The van der Waals surface area contributed by atoms with Gasteiger partial charge < -0.3 is 14.5 Å². The molecule has 32 heavy (non-hydrogen) atoms. The highest BCUT2D eigenvalue weighted by atomic mass is 32.2. The first-order valence-electron chi connectivity index (χ1n) is 10.5. The number of aryl methyl sites for hydroxylation is 2. The van der Waals surface area contributed by atoms with Crippen LogP contribution in [-0.4, -0.2) is 32.2 Å². The van der Waals surface area contributed by atoms with Crippen LogP contribution >= 0.6 is 0 Å². The van der Waals surface area contributed by atoms with Gasteiger partial charge in [0, 0.05) is 5.56 Å². The molecule has 1 aliphatic rings. The van der Waals surface area contributed by atoms with Gasteiger partial charge in [-0.3, -0.25) is 4.79 Å². The number of hydrogen-bond donors (Lipinski definition) is 1. The van der Waals surface area contributed by atoms with Gasteiger partial charge >= 0.3 is 0 Å². The van der Waals surface area contributed by atoms with Crippen LogP contribution in [-0.2, 0) is 26.8 Å². The van der Waals surface area contributed by atoms with Crippen LogP contribution in [0.3, 0.4) is 0 Å². The van der Waals surface area contributed by atoms with Crippen LogP contribution in [0.15, 0.2) is 52.9 Å². The van der Waals surface area contributed by atoms with Gasteiger partial charge in [0.25, 0.3) is 0 Å². The Morgan fingerprint density at radius 2 is 2.03 bits per heavy atom. The quantitative estimate of drug-likeness (QED) is 0.584. The van der Waals surface area contributed by atoms with Gasteiger partial charge in [-0.25, -0.2) is 13.4 Å². The zero-order valence-electron chi connectivity index (χ0n) is 18.1. The number of methoxy groups -OCH3 is 1. The fraction of sp³-hybridized carbons (Fsp3) is 0.333. The topological polar surface area (TPSA) is 98.5 Å². The van der Waals surface area contributed by atoms with Crippen LogP contribution in [0.25, 0.3) is 11.5 Å². The summed E-state index contributed by atoms with van der Waals surface area (Å²) in [7, 11) is -2.16. The second-order valence-corrected chi connectivity index (χ2v) is 10.1. The first-order chi connectivity index (χ1) is 15.3. The van der Waals surface area contributed by atoms with E-state index in [1.54, 1.807) is 32.2 Å². The number of sulfone groups is 1. The molecule has 1 aromatic heterocycles. The fourth-order valence-corrected chi connectivity index (χ4v) is 5.31. The third kappa shape index (κ3) is 5.02. The number of benzene rings is 2. The molecule has 1 N–H and O–H groups in total. The molecular weight excluding hydrogens is 428 g/mol. The van der Waals surface area contributed by atoms with Crippen molar-refractivity contribution in [1.29, 1.82) is 0 Å². The molecule has 0 unspecified atom stereocenters. The van der Waals surface area contributed by atoms with Gasteiger partial charge in [-0.2, -0.15) is 0 Å². The van der Waals surface area contributed by atoms with Crippen molar-refractivity contribution >= 4 is 15.7 Å². The van der Waals surface area contributed by atoms with Gasteiger partial charge in [0.15, 0.2) is 9.84 Å². The number of hydrogen-bond acceptors (Lipinski definition) is 6. The van der Waals surface area contributed by atoms with Crippen molar-refractivity contribution in [3.8, 4) is 17.2 Å². The van der Waals surface area contributed by atoms with Crippen LogP contribution in [0.1, 0.15) is 41.5 Å². The van der Waals surface area contributed by atoms with Crippen molar-refractivity contribution in [2.45, 2.75) is 38.0 Å². The smallest absolute Gasteiger partial charge is 0.235 e. The van der Waals surface area contributed by atoms with Crippen LogP contribution in [0.5, 0.6) is 5.75 Å². The van der Waals surface area contributed by atoms with E-state index in [2.05, 4.69) is 16.4 Å². The highest BCUT2D eigenvalue weighted by Gasteiger charge is 2.26. The minimum atomic E-state index is -3.73. The molecular formula is C24H26N2O5S. The molecule has 0 saturated heterocycles. The number of nitrogens with one attached hydrogen (secondary N) is 1. The molecule has 2 aromatic carbocycles. The monoisotopic (exact) mass is 454 g/mol. The van der Waals surface area contributed by atoms with Gasteiger partial charge in [-0.1, -0.05) is 30.3 Å². The van der Waals surface area contributed by atoms with E-state index < -0.39 is 21.5 Å². The lowest BCUT2D eigenvalue weighted by molar-refractivity contribution is -0.119. The molecule has 4 rings (SSSR count). The van der Waals surface area contributed by atoms with Crippen LogP contribution in [0, 0.1) is 6.92 Å². The molecule has 0 radical (unpaired) electrons. The number of fused-ring (bicyclic) bond motifs is 1. The largest absolute Gasteiger partial charge is 0.497 e. The van der Waals surface area contributed by atoms with Crippen molar-refractivity contribution in [3.63, 3.8) is 0 Å². The van der Waals surface area contributed by atoms with E-state index in [0.717, 1.165) is 24.8 Å². The Morgan fingerprint density at radius 1 is 1.22 bits per heavy atom. The number of rotatable bonds is 7. The maximum absolute atomic E-state index is 12.7. The molecule has 0 aliphatic heterocycles. The number of oxazole rings is 1. The molecule has 1 heterocycles. The lowest BCUT2D eigenvalue weighted by Crippen LogP contribution is -2.35. The van der Waals surface area contributed by atoms with E-state index in [1.807, 2.05) is 24.3 Å². The summed E-state index contributed by atoms with van der Waals surface area (Å²) < 4.78 is 36.4. The van der Waals surface area contributed by atoms with Crippen LogP contribution in [0.4, 0.5) is 0 Å². The van der Waals surface area contributed by atoms with Crippen LogP contribution in [0.2, 0.25) is 0 Å². The second kappa shape index (κ2) is 9.16. The number of ether oxygens (including phenoxy) is 1. The maximum Gasteiger partial charge on any atom is 0.235 e. The van der Waals surface area contributed by atoms with Gasteiger partial charge in [-0.15, -0.1) is 0 Å². The Balaban J connectivity index is 1.44. The molecule has 1 atom stereocenters. The van der Waals surface area contributed by atoms with E-state index in [9.17, 15) is 13.2 Å². The van der Waals surface area contributed by atoms with Crippen molar-refractivity contribution in [2.24, 2.45) is 0 Å². The number of carbonyl (C=O) groups excluding carboxylic acids is 1. The second-order valence-electron chi connectivity index (χ2n) is 8.00. The van der Waals surface area contributed by atoms with Crippen LogP contribution < -0.4 is 10.1 Å². The number of nitrogens with zero attached hydrogens (tertiary/aromatic N) is 1. The van der Waals surface area contributed by atoms with E-state index in [4.69, 9.17) is 9.15 Å². The summed E-state index contributed by atoms with van der Waals surface area (Å²) in [4.78, 5) is 16.9. The van der Waals surface area contributed by atoms with Gasteiger partial charge in [0.2, 0.25) is 11.8 Å². The number of carbonyl (C=O) groups is 1. The lowest BCUT2D eigenvalue weighted by atomic mass is 9.88. The van der Waals surface area contributed by atoms with Gasteiger partial charge in [0.05, 0.1) is 24.6 Å². The summed E-state index contributed by atoms with van der Waals surface area (Å²) in [5.74, 6) is -0.0785. The van der Waals surface area contributed by atoms with Crippen molar-refractivity contribution < 1.29 is 22.4 Å². The van der Waals surface area contributed by atoms with E-state index in [0.29, 0.717) is 28.7 Å². The summed E-state index contributed by atoms with van der Waals surface area (Å²) in [6.07, 6.45) is 2.73. The molecule has 3 aromatic rings. The summed E-state index contributed by atoms with van der Waals surface area (Å²) in [6.45, 7) is 1.67. The van der Waals surface area contributed by atoms with Crippen molar-refractivity contribution in [2.75, 3.05) is 12.9 Å². The minimum absolute atomic E-state index is 0.156. The fourth-order valence-electron chi connectivity index (χ4n) is 4.04. The van der Waals surface area contributed by atoms with E-state index in [-0.39, 0.29) is 11.8 Å². The Hall–Kier alpha value is -3.13. The zero-order valence-corrected chi connectivity index (χ0v) is 18.9. The molecule has 8 heteroatoms. The van der Waals surface area contributed by atoms with E-state index in [1.165, 1.54) is 5.56 Å². The summed E-state index contributed by atoms with van der Waals surface area (Å²) >= 11 is 0. The van der Waals surface area contributed by atoms with Gasteiger partial charge in [0.1, 0.15) is 17.3 Å². The molecule has 0 spiro atoms. The molecule has 0 fully saturated rings. The average molecular weight is 455 g/mol. The zero-order chi connectivity index (χ0) is 22.7. The first kappa shape index (κ1) is 22.1. The Kier molecular flexibility index (Phi) is 6.32. The lowest BCUT2D eigenvalue weighted by Gasteiger charge is -2.26. The van der Waals surface area contributed by atoms with Crippen molar-refractivity contribution in [3.05, 3.63) is 71.1 Å². The molecule has 0 saturated carbocycles. The molecule has 0 bridgehead atoms. The predicted octanol–water partition coefficient (Wildman–Crippen LogP) is 3.77. The first-order valence-corrected chi connectivity index (χ1v) is 12.3. The van der Waals surface area contributed by atoms with E-state index >= 15 is 0 Å². The SMILES string of the molecule is COc1cccc(-c2nc(CS(=O)(=O)CC(=O)N[C@H]3CCCc4ccccc43)c(C)o2)c1. The highest BCUT2D eigenvalue weighted by molar-refractivity contribution is 7.91. The Labute approximate surface area is 187 Å². The maximum atomic E-state index is 12.7. The summed E-state index contributed by atoms with van der Waals surface area (Å²) in [5, 5.41) is 2.90. The standard InChI is InChI=1S/C24H26N2O5S/c1-16-22(26-24(31-16)18-9-5-10-19(13-18)30-2)14-32(28,29)15-23(27)25-21-12-6-8-17-7-3-4-11-20(17)21/h3-5,7,9-11,13,21H,6,8,12,14-15H2,1-2H3,(H,25,27)/t21-/m0/s1. The predicted molar refractivity (Wildman–Crippen MR) is 121 cm³/mol. The highest BCUT2D eigenvalue weighted by Crippen LogP contribution is 2.29. The molecule has 168 valence electrons. The molecule has 1 amide bonds. The summed E-state index contributed by atoms with van der Waals surface area (Å²) in [5.41, 5.74) is 3.26. The molecule has 7 nitrogen and oxygen atoms in total. The average Bonchev–Trinajstić information content (AvgIpc) is 3.13. The third-order valence-electron chi connectivity index (χ3n) is 5.62. The normalized spacial score (nSPS) is 15.8. The minimum Gasteiger partial charge on any atom is -0.497 e. The third-order valence-corrected chi connectivity index (χ3v) is 7.04.